The first-order valence-corrected chi connectivity index (χ1v) is 9.03. The largest absolute Gasteiger partial charge is 0.349 e. The highest BCUT2D eigenvalue weighted by Gasteiger charge is 2.36. The summed E-state index contributed by atoms with van der Waals surface area (Å²) in [5, 5.41) is 0. The quantitative estimate of drug-likeness (QED) is 0.654. The SMILES string of the molecule is CC(c1ccccc1)C1N(c2ccccc2)CCN1c1ccccc1. The molecule has 0 N–H and O–H groups in total. The van der Waals surface area contributed by atoms with Gasteiger partial charge in [0.25, 0.3) is 0 Å². The maximum absolute atomic E-state index is 2.55. The van der Waals surface area contributed by atoms with Crippen LogP contribution in [0.2, 0.25) is 0 Å². The lowest BCUT2D eigenvalue weighted by Gasteiger charge is -2.37. The van der Waals surface area contributed by atoms with Gasteiger partial charge in [-0.05, 0) is 29.8 Å². The van der Waals surface area contributed by atoms with E-state index in [2.05, 4.69) is 108 Å². The van der Waals surface area contributed by atoms with Gasteiger partial charge in [0.1, 0.15) is 6.17 Å². The molecule has 1 unspecified atom stereocenters. The van der Waals surface area contributed by atoms with Crippen LogP contribution in [0.3, 0.4) is 0 Å². The summed E-state index contributed by atoms with van der Waals surface area (Å²) >= 11 is 0. The van der Waals surface area contributed by atoms with Crippen molar-refractivity contribution in [3.05, 3.63) is 96.6 Å². The number of anilines is 2. The molecular weight excluding hydrogens is 304 g/mol. The van der Waals surface area contributed by atoms with Crippen LogP contribution in [0.25, 0.3) is 0 Å². The van der Waals surface area contributed by atoms with Crippen molar-refractivity contribution in [3.63, 3.8) is 0 Å². The molecule has 0 amide bonds. The van der Waals surface area contributed by atoms with Crippen LogP contribution in [0.5, 0.6) is 0 Å². The molecule has 4 rings (SSSR count). The highest BCUT2D eigenvalue weighted by molar-refractivity contribution is 5.58. The normalized spacial score (nSPS) is 16.2. The van der Waals surface area contributed by atoms with E-state index < -0.39 is 0 Å². The van der Waals surface area contributed by atoms with Crippen molar-refractivity contribution in [1.82, 2.24) is 0 Å². The van der Waals surface area contributed by atoms with Crippen molar-refractivity contribution in [2.24, 2.45) is 0 Å². The molecular formula is C23H24N2. The topological polar surface area (TPSA) is 6.48 Å². The van der Waals surface area contributed by atoms with E-state index in [0.717, 1.165) is 13.1 Å². The zero-order valence-electron chi connectivity index (χ0n) is 14.6. The van der Waals surface area contributed by atoms with Crippen LogP contribution in [0.15, 0.2) is 91.0 Å². The van der Waals surface area contributed by atoms with Crippen molar-refractivity contribution in [1.29, 1.82) is 0 Å². The average molecular weight is 328 g/mol. The Kier molecular flexibility index (Phi) is 4.43. The van der Waals surface area contributed by atoms with Gasteiger partial charge in [-0.15, -0.1) is 0 Å². The van der Waals surface area contributed by atoms with Gasteiger partial charge in [0.2, 0.25) is 0 Å². The van der Waals surface area contributed by atoms with Crippen molar-refractivity contribution in [2.45, 2.75) is 19.0 Å². The fourth-order valence-electron chi connectivity index (χ4n) is 3.92. The molecule has 2 nitrogen and oxygen atoms in total. The number of para-hydroxylation sites is 2. The van der Waals surface area contributed by atoms with Crippen LogP contribution < -0.4 is 9.80 Å². The molecule has 1 atom stereocenters. The fraction of sp³-hybridized carbons (Fsp3) is 0.217. The third-order valence-electron chi connectivity index (χ3n) is 5.17. The maximum Gasteiger partial charge on any atom is 0.108 e. The minimum absolute atomic E-state index is 0.312. The van der Waals surface area contributed by atoms with E-state index in [9.17, 15) is 0 Å². The van der Waals surface area contributed by atoms with Crippen LogP contribution in [0.1, 0.15) is 18.4 Å². The Morgan fingerprint density at radius 3 is 1.48 bits per heavy atom. The van der Waals surface area contributed by atoms with Gasteiger partial charge in [0.05, 0.1) is 0 Å². The molecule has 3 aromatic carbocycles. The molecule has 1 fully saturated rings. The fourth-order valence-corrected chi connectivity index (χ4v) is 3.92. The van der Waals surface area contributed by atoms with Gasteiger partial charge < -0.3 is 9.80 Å². The summed E-state index contributed by atoms with van der Waals surface area (Å²) in [4.78, 5) is 5.09. The van der Waals surface area contributed by atoms with Crippen LogP contribution in [-0.4, -0.2) is 19.3 Å². The maximum atomic E-state index is 2.55. The summed E-state index contributed by atoms with van der Waals surface area (Å²) in [6.07, 6.45) is 0.312. The minimum Gasteiger partial charge on any atom is -0.349 e. The summed E-state index contributed by atoms with van der Waals surface area (Å²) in [5.74, 6) is 0.407. The Labute approximate surface area is 150 Å². The number of hydrogen-bond donors (Lipinski definition) is 0. The van der Waals surface area contributed by atoms with Crippen LogP contribution in [-0.2, 0) is 0 Å². The van der Waals surface area contributed by atoms with Crippen molar-refractivity contribution in [2.75, 3.05) is 22.9 Å². The second kappa shape index (κ2) is 7.02. The third-order valence-corrected chi connectivity index (χ3v) is 5.17. The number of rotatable bonds is 4. The van der Waals surface area contributed by atoms with Gasteiger partial charge in [-0.3, -0.25) is 0 Å². The molecule has 126 valence electrons. The molecule has 1 aliphatic rings. The van der Waals surface area contributed by atoms with E-state index in [0.29, 0.717) is 12.1 Å². The lowest BCUT2D eigenvalue weighted by molar-refractivity contribution is 0.566. The lowest BCUT2D eigenvalue weighted by atomic mass is 9.96. The zero-order valence-corrected chi connectivity index (χ0v) is 14.6. The van der Waals surface area contributed by atoms with Gasteiger partial charge in [-0.25, -0.2) is 0 Å². The van der Waals surface area contributed by atoms with E-state index in [1.807, 2.05) is 0 Å². The number of hydrogen-bond acceptors (Lipinski definition) is 2. The molecule has 0 bridgehead atoms. The van der Waals surface area contributed by atoms with Crippen molar-refractivity contribution in [3.8, 4) is 0 Å². The van der Waals surface area contributed by atoms with E-state index in [4.69, 9.17) is 0 Å². The van der Waals surface area contributed by atoms with Crippen molar-refractivity contribution >= 4 is 11.4 Å². The molecule has 0 aliphatic carbocycles. The Balaban J connectivity index is 1.73. The summed E-state index contributed by atoms with van der Waals surface area (Å²) in [7, 11) is 0. The first-order chi connectivity index (χ1) is 12.3. The number of benzene rings is 3. The molecule has 1 aliphatic heterocycles. The predicted molar refractivity (Wildman–Crippen MR) is 106 cm³/mol. The molecule has 3 aromatic rings. The van der Waals surface area contributed by atoms with Crippen LogP contribution in [0.4, 0.5) is 11.4 Å². The lowest BCUT2D eigenvalue weighted by Crippen LogP contribution is -2.43. The van der Waals surface area contributed by atoms with E-state index in [1.165, 1.54) is 16.9 Å². The van der Waals surface area contributed by atoms with Gasteiger partial charge in [-0.1, -0.05) is 73.7 Å². The predicted octanol–water partition coefficient (Wildman–Crippen LogP) is 5.14. The van der Waals surface area contributed by atoms with E-state index >= 15 is 0 Å². The van der Waals surface area contributed by atoms with Gasteiger partial charge in [0, 0.05) is 30.4 Å². The van der Waals surface area contributed by atoms with Gasteiger partial charge in [0.15, 0.2) is 0 Å². The molecule has 0 spiro atoms. The Bertz CT molecular complexity index is 739. The van der Waals surface area contributed by atoms with Gasteiger partial charge >= 0.3 is 0 Å². The smallest absolute Gasteiger partial charge is 0.108 e. The Hall–Kier alpha value is -2.74. The molecule has 1 saturated heterocycles. The first-order valence-electron chi connectivity index (χ1n) is 9.03. The van der Waals surface area contributed by atoms with Crippen molar-refractivity contribution < 1.29 is 0 Å². The van der Waals surface area contributed by atoms with Crippen LogP contribution >= 0.6 is 0 Å². The second-order valence-corrected chi connectivity index (χ2v) is 6.67. The van der Waals surface area contributed by atoms with Crippen LogP contribution in [0, 0.1) is 0 Å². The third kappa shape index (κ3) is 3.12. The second-order valence-electron chi connectivity index (χ2n) is 6.67. The molecule has 0 saturated carbocycles. The summed E-state index contributed by atoms with van der Waals surface area (Å²) in [5.41, 5.74) is 3.98. The summed E-state index contributed by atoms with van der Waals surface area (Å²) < 4.78 is 0. The summed E-state index contributed by atoms with van der Waals surface area (Å²) in [6, 6.07) is 32.4. The molecule has 0 aromatic heterocycles. The molecule has 1 heterocycles. The Morgan fingerprint density at radius 1 is 0.640 bits per heavy atom. The molecule has 0 radical (unpaired) electrons. The summed E-state index contributed by atoms with van der Waals surface area (Å²) in [6.45, 7) is 4.43. The standard InChI is InChI=1S/C23H24N2/c1-19(20-11-5-2-6-12-20)23-24(21-13-7-3-8-14-21)17-18-25(23)22-15-9-4-10-16-22/h2-16,19,23H,17-18H2,1H3. The van der Waals surface area contributed by atoms with E-state index in [1.54, 1.807) is 0 Å². The molecule has 25 heavy (non-hydrogen) atoms. The highest BCUT2D eigenvalue weighted by Crippen LogP contribution is 2.35. The highest BCUT2D eigenvalue weighted by atomic mass is 15.4. The Morgan fingerprint density at radius 2 is 1.04 bits per heavy atom. The zero-order chi connectivity index (χ0) is 17.1. The first kappa shape index (κ1) is 15.8. The monoisotopic (exact) mass is 328 g/mol. The molecule has 2 heteroatoms. The van der Waals surface area contributed by atoms with E-state index in [-0.39, 0.29) is 0 Å². The van der Waals surface area contributed by atoms with Gasteiger partial charge in [-0.2, -0.15) is 0 Å². The average Bonchev–Trinajstić information content (AvgIpc) is 3.14. The number of nitrogens with zero attached hydrogens (tertiary/aromatic N) is 2. The minimum atomic E-state index is 0.312.